The lowest BCUT2D eigenvalue weighted by Crippen LogP contribution is -2.20. The summed E-state index contributed by atoms with van der Waals surface area (Å²) in [4.78, 5) is 32.5. The first kappa shape index (κ1) is 14.3. The van der Waals surface area contributed by atoms with Crippen molar-refractivity contribution in [3.05, 3.63) is 11.6 Å². The van der Waals surface area contributed by atoms with Crippen molar-refractivity contribution in [3.63, 3.8) is 0 Å². The molecule has 0 bridgehead atoms. The molecule has 0 saturated carbocycles. The summed E-state index contributed by atoms with van der Waals surface area (Å²) in [5, 5.41) is 0. The quantitative estimate of drug-likeness (QED) is 0.386. The van der Waals surface area contributed by atoms with Crippen molar-refractivity contribution < 1.29 is 23.9 Å². The molecule has 0 aliphatic carbocycles. The van der Waals surface area contributed by atoms with Crippen molar-refractivity contribution in [1.82, 2.24) is 0 Å². The molecule has 0 amide bonds. The van der Waals surface area contributed by atoms with Gasteiger partial charge in [-0.25, -0.2) is 9.59 Å². The van der Waals surface area contributed by atoms with Gasteiger partial charge < -0.3 is 9.47 Å². The Hall–Kier alpha value is -1.65. The Labute approximate surface area is 94.4 Å². The van der Waals surface area contributed by atoms with Gasteiger partial charge in [-0.15, -0.1) is 0 Å². The molecule has 0 atom stereocenters. The highest BCUT2D eigenvalue weighted by atomic mass is 16.6. The van der Waals surface area contributed by atoms with Crippen molar-refractivity contribution in [2.24, 2.45) is 5.92 Å². The number of rotatable bonds is 6. The van der Waals surface area contributed by atoms with E-state index in [4.69, 9.17) is 0 Å². The third kappa shape index (κ3) is 5.29. The summed E-state index contributed by atoms with van der Waals surface area (Å²) in [7, 11) is 0. The molecule has 0 fully saturated rings. The topological polar surface area (TPSA) is 69.7 Å². The van der Waals surface area contributed by atoms with Crippen LogP contribution in [0.1, 0.15) is 27.2 Å². The van der Waals surface area contributed by atoms with Gasteiger partial charge in [-0.1, -0.05) is 26.8 Å². The lowest BCUT2D eigenvalue weighted by molar-refractivity contribution is -0.159. The van der Waals surface area contributed by atoms with Crippen LogP contribution < -0.4 is 0 Å². The Bertz CT molecular complexity index is 291. The molecule has 0 heterocycles. The molecule has 0 aliphatic heterocycles. The van der Waals surface area contributed by atoms with Crippen LogP contribution in [0.5, 0.6) is 0 Å². The predicted octanol–water partition coefficient (Wildman–Crippen LogP) is 1.13. The Balaban J connectivity index is 4.44. The second kappa shape index (κ2) is 7.62. The Morgan fingerprint density at radius 1 is 1.38 bits per heavy atom. The van der Waals surface area contributed by atoms with Crippen LogP contribution in [-0.4, -0.2) is 25.0 Å². The highest BCUT2D eigenvalue weighted by Crippen LogP contribution is 2.04. The fourth-order valence-corrected chi connectivity index (χ4v) is 0.830. The van der Waals surface area contributed by atoms with E-state index in [9.17, 15) is 14.4 Å². The molecule has 0 aromatic carbocycles. The van der Waals surface area contributed by atoms with Gasteiger partial charge in [-0.05, 0) is 6.42 Å². The molecular weight excluding hydrogens is 212 g/mol. The van der Waals surface area contributed by atoms with Gasteiger partial charge in [0.25, 0.3) is 0 Å². The van der Waals surface area contributed by atoms with Crippen molar-refractivity contribution in [3.8, 4) is 0 Å². The van der Waals surface area contributed by atoms with Gasteiger partial charge in [0, 0.05) is 0 Å². The largest absolute Gasteiger partial charge is 0.452 e. The molecular formula is C11H15O5. The molecule has 0 N–H and O–H groups in total. The van der Waals surface area contributed by atoms with Crippen molar-refractivity contribution in [1.29, 1.82) is 0 Å². The second-order valence-corrected chi connectivity index (χ2v) is 3.37. The van der Waals surface area contributed by atoms with Gasteiger partial charge in [-0.3, -0.25) is 4.79 Å². The standard InChI is InChI=1S/C11H15O5/c1-4-5-9(6-15-7-12)11(14)16-10(13)8(2)3/h5,8H,4,6H2,1-3H3. The molecule has 0 aliphatic rings. The molecule has 0 aromatic heterocycles. The van der Waals surface area contributed by atoms with Gasteiger partial charge in [-0.2, -0.15) is 0 Å². The summed E-state index contributed by atoms with van der Waals surface area (Å²) in [5.41, 5.74) is 0.139. The van der Waals surface area contributed by atoms with Gasteiger partial charge in [0.2, 0.25) is 0 Å². The normalized spacial score (nSPS) is 11.1. The van der Waals surface area contributed by atoms with Crippen LogP contribution in [-0.2, 0) is 23.9 Å². The first-order chi connectivity index (χ1) is 7.52. The van der Waals surface area contributed by atoms with E-state index in [0.29, 0.717) is 6.42 Å². The Morgan fingerprint density at radius 2 is 2.00 bits per heavy atom. The molecule has 0 spiro atoms. The highest BCUT2D eigenvalue weighted by molar-refractivity contribution is 5.96. The molecule has 1 radical (unpaired) electrons. The SMILES string of the molecule is CCC=C(CO[C]=O)C(=O)OC(=O)C(C)C. The molecule has 5 heteroatoms. The van der Waals surface area contributed by atoms with Crippen molar-refractivity contribution >= 4 is 18.4 Å². The average molecular weight is 227 g/mol. The summed E-state index contributed by atoms with van der Waals surface area (Å²) >= 11 is 0. The lowest BCUT2D eigenvalue weighted by atomic mass is 10.2. The van der Waals surface area contributed by atoms with E-state index < -0.39 is 11.9 Å². The minimum atomic E-state index is -0.782. The van der Waals surface area contributed by atoms with Crippen LogP contribution in [0.2, 0.25) is 0 Å². The van der Waals surface area contributed by atoms with E-state index in [0.717, 1.165) is 0 Å². The summed E-state index contributed by atoms with van der Waals surface area (Å²) in [5.74, 6) is -1.77. The Morgan fingerprint density at radius 3 is 2.44 bits per heavy atom. The average Bonchev–Trinajstić information content (AvgIpc) is 2.23. The van der Waals surface area contributed by atoms with Crippen LogP contribution in [0.25, 0.3) is 0 Å². The predicted molar refractivity (Wildman–Crippen MR) is 56.0 cm³/mol. The van der Waals surface area contributed by atoms with Crippen LogP contribution >= 0.6 is 0 Å². The summed E-state index contributed by atoms with van der Waals surface area (Å²) in [6, 6.07) is 0. The zero-order valence-electron chi connectivity index (χ0n) is 9.61. The fourth-order valence-electron chi connectivity index (χ4n) is 0.830. The highest BCUT2D eigenvalue weighted by Gasteiger charge is 2.18. The zero-order valence-corrected chi connectivity index (χ0v) is 9.61. The fraction of sp³-hybridized carbons (Fsp3) is 0.545. The maximum Gasteiger partial charge on any atom is 0.417 e. The van der Waals surface area contributed by atoms with E-state index in [-0.39, 0.29) is 18.1 Å². The first-order valence-electron chi connectivity index (χ1n) is 4.96. The van der Waals surface area contributed by atoms with Gasteiger partial charge in [0.15, 0.2) is 0 Å². The number of ether oxygens (including phenoxy) is 2. The Kier molecular flexibility index (Phi) is 6.83. The minimum absolute atomic E-state index is 0.139. The van der Waals surface area contributed by atoms with E-state index in [1.54, 1.807) is 13.8 Å². The minimum Gasteiger partial charge on any atom is -0.452 e. The smallest absolute Gasteiger partial charge is 0.417 e. The van der Waals surface area contributed by atoms with Crippen LogP contribution in [0.15, 0.2) is 11.6 Å². The number of hydrogen-bond donors (Lipinski definition) is 0. The summed E-state index contributed by atoms with van der Waals surface area (Å²) in [6.07, 6.45) is 2.11. The van der Waals surface area contributed by atoms with Crippen molar-refractivity contribution in [2.45, 2.75) is 27.2 Å². The number of allylic oxidation sites excluding steroid dienone is 1. The van der Waals surface area contributed by atoms with Crippen LogP contribution in [0, 0.1) is 5.92 Å². The maximum absolute atomic E-state index is 11.4. The van der Waals surface area contributed by atoms with Gasteiger partial charge >= 0.3 is 18.4 Å². The third-order valence-corrected chi connectivity index (χ3v) is 1.66. The van der Waals surface area contributed by atoms with E-state index in [2.05, 4.69) is 9.47 Å². The molecule has 0 rings (SSSR count). The van der Waals surface area contributed by atoms with E-state index in [1.807, 2.05) is 6.92 Å². The molecule has 89 valence electrons. The lowest BCUT2D eigenvalue weighted by Gasteiger charge is -2.07. The maximum atomic E-state index is 11.4. The summed E-state index contributed by atoms with van der Waals surface area (Å²) < 4.78 is 8.89. The molecule has 5 nitrogen and oxygen atoms in total. The van der Waals surface area contributed by atoms with Crippen molar-refractivity contribution in [2.75, 3.05) is 6.61 Å². The van der Waals surface area contributed by atoms with E-state index in [1.165, 1.54) is 12.5 Å². The number of hydrogen-bond acceptors (Lipinski definition) is 5. The monoisotopic (exact) mass is 227 g/mol. The van der Waals surface area contributed by atoms with Crippen LogP contribution in [0.3, 0.4) is 0 Å². The van der Waals surface area contributed by atoms with Gasteiger partial charge in [0.1, 0.15) is 6.61 Å². The molecule has 0 saturated heterocycles. The van der Waals surface area contributed by atoms with Gasteiger partial charge in [0.05, 0.1) is 11.5 Å². The van der Waals surface area contributed by atoms with Crippen LogP contribution in [0.4, 0.5) is 0 Å². The molecule has 0 aromatic rings. The second-order valence-electron chi connectivity index (χ2n) is 3.37. The molecule has 16 heavy (non-hydrogen) atoms. The molecule has 0 unspecified atom stereocenters. The first-order valence-corrected chi connectivity index (χ1v) is 4.96. The number of carbonyl (C=O) groups excluding carboxylic acids is 3. The number of carbonyl (C=O) groups is 2. The zero-order chi connectivity index (χ0) is 12.6. The summed E-state index contributed by atoms with van der Waals surface area (Å²) in [6.45, 7) is 6.02. The number of esters is 2. The van der Waals surface area contributed by atoms with E-state index >= 15 is 0 Å². The third-order valence-electron chi connectivity index (χ3n) is 1.66.